The molecule has 0 radical (unpaired) electrons. The molecular formula is C15H14ClN3O. The molecule has 3 rings (SSSR count). The molecule has 20 heavy (non-hydrogen) atoms. The van der Waals surface area contributed by atoms with Crippen LogP contribution in [0.4, 0.5) is 11.5 Å². The van der Waals surface area contributed by atoms with Crippen LogP contribution in [0.5, 0.6) is 0 Å². The third-order valence-electron chi connectivity index (χ3n) is 3.30. The monoisotopic (exact) mass is 287 g/mol. The van der Waals surface area contributed by atoms with Crippen LogP contribution in [0.25, 0.3) is 0 Å². The zero-order chi connectivity index (χ0) is 14.1. The van der Waals surface area contributed by atoms with Gasteiger partial charge in [0.15, 0.2) is 0 Å². The first-order chi connectivity index (χ1) is 9.65. The molecule has 0 atom stereocenters. The summed E-state index contributed by atoms with van der Waals surface area (Å²) in [5, 5.41) is 3.67. The first-order valence-corrected chi connectivity index (χ1v) is 6.85. The molecule has 1 heterocycles. The summed E-state index contributed by atoms with van der Waals surface area (Å²) in [4.78, 5) is 16.0. The van der Waals surface area contributed by atoms with Crippen molar-refractivity contribution in [1.29, 1.82) is 0 Å². The number of benzene rings is 1. The fourth-order valence-corrected chi connectivity index (χ4v) is 2.25. The van der Waals surface area contributed by atoms with E-state index in [1.807, 2.05) is 24.3 Å². The van der Waals surface area contributed by atoms with E-state index in [-0.39, 0.29) is 0 Å². The van der Waals surface area contributed by atoms with Crippen LogP contribution in [0.2, 0.25) is 5.02 Å². The molecule has 1 saturated carbocycles. The number of para-hydroxylation sites is 1. The SMILES string of the molecule is NC(=O)c1ccc(C2CC2)nc1Nc1ccccc1Cl. The third-order valence-corrected chi connectivity index (χ3v) is 3.63. The summed E-state index contributed by atoms with van der Waals surface area (Å²) in [6, 6.07) is 10.9. The Kier molecular flexibility index (Phi) is 3.32. The summed E-state index contributed by atoms with van der Waals surface area (Å²) in [5.41, 5.74) is 7.46. The Labute approximate surface area is 122 Å². The van der Waals surface area contributed by atoms with Gasteiger partial charge >= 0.3 is 0 Å². The van der Waals surface area contributed by atoms with Crippen molar-refractivity contribution in [2.24, 2.45) is 5.73 Å². The maximum Gasteiger partial charge on any atom is 0.252 e. The zero-order valence-corrected chi connectivity index (χ0v) is 11.5. The Hall–Kier alpha value is -2.07. The van der Waals surface area contributed by atoms with Crippen molar-refractivity contribution in [3.05, 3.63) is 52.7 Å². The van der Waals surface area contributed by atoms with Crippen molar-refractivity contribution in [2.75, 3.05) is 5.32 Å². The van der Waals surface area contributed by atoms with Gasteiger partial charge < -0.3 is 11.1 Å². The number of nitrogens with one attached hydrogen (secondary N) is 1. The smallest absolute Gasteiger partial charge is 0.252 e. The molecule has 1 aliphatic carbocycles. The highest BCUT2D eigenvalue weighted by Gasteiger charge is 2.26. The highest BCUT2D eigenvalue weighted by Crippen LogP contribution is 2.40. The standard InChI is InChI=1S/C15H14ClN3O/c16-11-3-1-2-4-13(11)19-15-10(14(17)20)7-8-12(18-15)9-5-6-9/h1-4,7-9H,5-6H2,(H2,17,20)(H,18,19). The lowest BCUT2D eigenvalue weighted by Crippen LogP contribution is -2.15. The summed E-state index contributed by atoms with van der Waals surface area (Å²) < 4.78 is 0. The van der Waals surface area contributed by atoms with E-state index in [1.165, 1.54) is 0 Å². The Bertz CT molecular complexity index is 668. The van der Waals surface area contributed by atoms with Crippen molar-refractivity contribution in [3.63, 3.8) is 0 Å². The number of hydrogen-bond donors (Lipinski definition) is 2. The van der Waals surface area contributed by atoms with Crippen molar-refractivity contribution in [3.8, 4) is 0 Å². The van der Waals surface area contributed by atoms with Crippen LogP contribution < -0.4 is 11.1 Å². The lowest BCUT2D eigenvalue weighted by molar-refractivity contribution is 0.100. The molecule has 0 spiro atoms. The minimum absolute atomic E-state index is 0.370. The van der Waals surface area contributed by atoms with Gasteiger partial charge in [-0.3, -0.25) is 4.79 Å². The summed E-state index contributed by atoms with van der Waals surface area (Å²) in [6.07, 6.45) is 2.29. The van der Waals surface area contributed by atoms with Gasteiger partial charge in [0.25, 0.3) is 5.91 Å². The van der Waals surface area contributed by atoms with Crippen LogP contribution in [-0.4, -0.2) is 10.9 Å². The van der Waals surface area contributed by atoms with E-state index in [1.54, 1.807) is 12.1 Å². The summed E-state index contributed by atoms with van der Waals surface area (Å²) >= 11 is 6.11. The Balaban J connectivity index is 1.99. The molecule has 0 aliphatic heterocycles. The molecule has 0 unspecified atom stereocenters. The summed E-state index contributed by atoms with van der Waals surface area (Å²) in [5.74, 6) is 0.466. The highest BCUT2D eigenvalue weighted by atomic mass is 35.5. The normalized spacial score (nSPS) is 14.1. The number of hydrogen-bond acceptors (Lipinski definition) is 3. The number of aromatic nitrogens is 1. The first kappa shape index (κ1) is 12.9. The summed E-state index contributed by atoms with van der Waals surface area (Å²) in [7, 11) is 0. The van der Waals surface area contributed by atoms with Crippen molar-refractivity contribution < 1.29 is 4.79 Å². The van der Waals surface area contributed by atoms with Crippen LogP contribution in [0, 0.1) is 0 Å². The largest absolute Gasteiger partial charge is 0.365 e. The van der Waals surface area contributed by atoms with Gasteiger partial charge in [-0.1, -0.05) is 23.7 Å². The number of primary amides is 1. The van der Waals surface area contributed by atoms with Crippen LogP contribution in [0.1, 0.15) is 34.8 Å². The number of nitrogens with two attached hydrogens (primary N) is 1. The van der Waals surface area contributed by atoms with Gasteiger partial charge in [0.2, 0.25) is 0 Å². The molecular weight excluding hydrogens is 274 g/mol. The molecule has 0 bridgehead atoms. The second-order valence-corrected chi connectivity index (χ2v) is 5.28. The lowest BCUT2D eigenvalue weighted by Gasteiger charge is -2.12. The van der Waals surface area contributed by atoms with E-state index >= 15 is 0 Å². The fraction of sp³-hybridized carbons (Fsp3) is 0.200. The lowest BCUT2D eigenvalue weighted by atomic mass is 10.1. The third kappa shape index (κ3) is 2.60. The van der Waals surface area contributed by atoms with Crippen LogP contribution in [0.3, 0.4) is 0 Å². The molecule has 1 aliphatic rings. The predicted octanol–water partition coefficient (Wildman–Crippen LogP) is 3.45. The average molecular weight is 288 g/mol. The van der Waals surface area contributed by atoms with Gasteiger partial charge in [-0.2, -0.15) is 0 Å². The molecule has 1 aromatic carbocycles. The number of halogens is 1. The second kappa shape index (κ2) is 5.13. The Morgan fingerprint density at radius 2 is 2.00 bits per heavy atom. The van der Waals surface area contributed by atoms with E-state index in [0.717, 1.165) is 18.5 Å². The molecule has 5 heteroatoms. The number of carbonyl (C=O) groups excluding carboxylic acids is 1. The zero-order valence-electron chi connectivity index (χ0n) is 10.8. The quantitative estimate of drug-likeness (QED) is 0.905. The van der Waals surface area contributed by atoms with Crippen molar-refractivity contribution in [2.45, 2.75) is 18.8 Å². The second-order valence-electron chi connectivity index (χ2n) is 4.88. The van der Waals surface area contributed by atoms with E-state index in [4.69, 9.17) is 17.3 Å². The number of rotatable bonds is 4. The van der Waals surface area contributed by atoms with E-state index in [0.29, 0.717) is 28.0 Å². The van der Waals surface area contributed by atoms with Gasteiger partial charge in [0.05, 0.1) is 16.3 Å². The predicted molar refractivity (Wildman–Crippen MR) is 79.5 cm³/mol. The number of nitrogens with zero attached hydrogens (tertiary/aromatic N) is 1. The number of pyridine rings is 1. The van der Waals surface area contributed by atoms with Crippen LogP contribution in [0.15, 0.2) is 36.4 Å². The van der Waals surface area contributed by atoms with E-state index in [9.17, 15) is 4.79 Å². The average Bonchev–Trinajstić information content (AvgIpc) is 3.25. The minimum atomic E-state index is -0.505. The highest BCUT2D eigenvalue weighted by molar-refractivity contribution is 6.33. The van der Waals surface area contributed by atoms with Crippen molar-refractivity contribution >= 4 is 29.0 Å². The molecule has 1 amide bonds. The van der Waals surface area contributed by atoms with Gasteiger partial charge in [0.1, 0.15) is 5.82 Å². The molecule has 3 N–H and O–H groups in total. The molecule has 102 valence electrons. The maximum absolute atomic E-state index is 11.5. The molecule has 0 saturated heterocycles. The Morgan fingerprint density at radius 3 is 2.65 bits per heavy atom. The Morgan fingerprint density at radius 1 is 1.25 bits per heavy atom. The van der Waals surface area contributed by atoms with Crippen molar-refractivity contribution in [1.82, 2.24) is 4.98 Å². The first-order valence-electron chi connectivity index (χ1n) is 6.47. The van der Waals surface area contributed by atoms with Gasteiger partial charge in [0, 0.05) is 11.6 Å². The van der Waals surface area contributed by atoms with E-state index < -0.39 is 5.91 Å². The van der Waals surface area contributed by atoms with Crippen LogP contribution in [-0.2, 0) is 0 Å². The topological polar surface area (TPSA) is 68.0 Å². The van der Waals surface area contributed by atoms with Gasteiger partial charge in [-0.05, 0) is 37.1 Å². The number of amides is 1. The van der Waals surface area contributed by atoms with E-state index in [2.05, 4.69) is 10.3 Å². The van der Waals surface area contributed by atoms with Gasteiger partial charge in [-0.15, -0.1) is 0 Å². The van der Waals surface area contributed by atoms with Gasteiger partial charge in [-0.25, -0.2) is 4.98 Å². The summed E-state index contributed by atoms with van der Waals surface area (Å²) in [6.45, 7) is 0. The molecule has 2 aromatic rings. The molecule has 1 aromatic heterocycles. The molecule has 1 fully saturated rings. The maximum atomic E-state index is 11.5. The fourth-order valence-electron chi connectivity index (χ4n) is 2.06. The van der Waals surface area contributed by atoms with Crippen LogP contribution >= 0.6 is 11.6 Å². The molecule has 4 nitrogen and oxygen atoms in total. The number of anilines is 2. The number of carbonyl (C=O) groups is 1. The minimum Gasteiger partial charge on any atom is -0.365 e.